The summed E-state index contributed by atoms with van der Waals surface area (Å²) in [6, 6.07) is 0. The van der Waals surface area contributed by atoms with E-state index in [9.17, 15) is 0 Å². The molecule has 0 bridgehead atoms. The van der Waals surface area contributed by atoms with E-state index in [-0.39, 0.29) is 18.0 Å². The molecule has 0 saturated carbocycles. The minimum Gasteiger partial charge on any atom is -0.351 e. The van der Waals surface area contributed by atoms with Crippen molar-refractivity contribution in [3.8, 4) is 0 Å². The van der Waals surface area contributed by atoms with Crippen LogP contribution in [0.2, 0.25) is 0 Å². The maximum Gasteiger partial charge on any atom is 0.161 e. The highest BCUT2D eigenvalue weighted by Crippen LogP contribution is 2.43. The van der Waals surface area contributed by atoms with Crippen molar-refractivity contribution < 1.29 is 18.9 Å². The van der Waals surface area contributed by atoms with Crippen molar-refractivity contribution in [2.24, 2.45) is 40.9 Å². The monoisotopic (exact) mass is 404 g/mol. The number of rotatable bonds is 2. The fourth-order valence-electron chi connectivity index (χ4n) is 6.44. The molecule has 0 aromatic carbocycles. The van der Waals surface area contributed by atoms with Gasteiger partial charge in [0.1, 0.15) is 0 Å². The summed E-state index contributed by atoms with van der Waals surface area (Å²) in [5, 5.41) is 0. The van der Waals surface area contributed by atoms with Crippen LogP contribution < -0.4 is 0 Å². The summed E-state index contributed by atoms with van der Waals surface area (Å²) in [6.07, 6.45) is 6.84. The highest BCUT2D eigenvalue weighted by molar-refractivity contribution is 5.10. The number of hydrogen-bond donors (Lipinski definition) is 0. The van der Waals surface area contributed by atoms with E-state index < -0.39 is 0 Å². The highest BCUT2D eigenvalue weighted by atomic mass is 16.7. The summed E-state index contributed by atoms with van der Waals surface area (Å²) in [4.78, 5) is 0. The largest absolute Gasteiger partial charge is 0.351 e. The first kappa shape index (κ1) is 21.5. The Bertz CT molecular complexity index is 578. The van der Waals surface area contributed by atoms with Crippen LogP contribution in [0.1, 0.15) is 54.4 Å². The summed E-state index contributed by atoms with van der Waals surface area (Å²) in [5.41, 5.74) is 2.82. The lowest BCUT2D eigenvalue weighted by Crippen LogP contribution is -2.56. The molecule has 164 valence electrons. The molecule has 2 aliphatic carbocycles. The first-order valence-corrected chi connectivity index (χ1v) is 11.6. The quantitative estimate of drug-likeness (QED) is 0.593. The van der Waals surface area contributed by atoms with Crippen LogP contribution in [0.4, 0.5) is 0 Å². The molecule has 0 amide bonds. The van der Waals surface area contributed by atoms with Crippen molar-refractivity contribution in [1.29, 1.82) is 0 Å². The molecule has 0 aromatic heterocycles. The van der Waals surface area contributed by atoms with Gasteiger partial charge in [-0.2, -0.15) is 0 Å². The second-order valence-electron chi connectivity index (χ2n) is 10.7. The lowest BCUT2D eigenvalue weighted by Gasteiger charge is -2.49. The van der Waals surface area contributed by atoms with Gasteiger partial charge < -0.3 is 18.9 Å². The predicted molar refractivity (Wildman–Crippen MR) is 114 cm³/mol. The molecule has 4 rings (SSSR count). The zero-order chi connectivity index (χ0) is 20.8. The smallest absolute Gasteiger partial charge is 0.161 e. The summed E-state index contributed by atoms with van der Waals surface area (Å²) >= 11 is 0. The second kappa shape index (κ2) is 8.45. The molecule has 2 saturated heterocycles. The number of hydrogen-bond acceptors (Lipinski definition) is 4. The Kier molecular flexibility index (Phi) is 6.28. The van der Waals surface area contributed by atoms with Crippen LogP contribution in [0.5, 0.6) is 0 Å². The van der Waals surface area contributed by atoms with Crippen molar-refractivity contribution in [1.82, 2.24) is 0 Å². The third-order valence-corrected chi connectivity index (χ3v) is 7.75. The van der Waals surface area contributed by atoms with Crippen LogP contribution >= 0.6 is 0 Å². The Labute approximate surface area is 177 Å². The third-order valence-electron chi connectivity index (χ3n) is 7.75. The normalized spacial score (nSPS) is 48.9. The molecule has 2 aliphatic heterocycles. The Hall–Kier alpha value is -0.680. The van der Waals surface area contributed by atoms with Crippen molar-refractivity contribution in [2.75, 3.05) is 26.4 Å². The number of ether oxygens (including phenoxy) is 4. The molecule has 2 fully saturated rings. The summed E-state index contributed by atoms with van der Waals surface area (Å²) in [7, 11) is 0. The molecule has 0 N–H and O–H groups in total. The standard InChI is InChI=1S/C25H40O4/c1-15-7-17(3)21(18(4)8-15)23-26-11-25(12-27-23)13-28-24(29-14-25)22-19(5)9-16(2)10-20(22)6/h7,9,17-24H,8,10-14H2,1-6H3/t17-,18-,19+,20-,21-,22+,23?,24?,25?/m0/s1. The van der Waals surface area contributed by atoms with E-state index in [4.69, 9.17) is 18.9 Å². The van der Waals surface area contributed by atoms with Gasteiger partial charge in [-0.25, -0.2) is 0 Å². The molecule has 2 heterocycles. The molecule has 0 aromatic rings. The Morgan fingerprint density at radius 1 is 0.655 bits per heavy atom. The average Bonchev–Trinajstić information content (AvgIpc) is 2.63. The maximum absolute atomic E-state index is 6.30. The molecule has 4 aliphatic rings. The minimum atomic E-state index is -0.160. The molecule has 4 nitrogen and oxygen atoms in total. The topological polar surface area (TPSA) is 36.9 Å². The molecule has 0 unspecified atom stereocenters. The molecule has 1 spiro atoms. The van der Waals surface area contributed by atoms with Gasteiger partial charge in [0.2, 0.25) is 0 Å². The van der Waals surface area contributed by atoms with Gasteiger partial charge in [0.25, 0.3) is 0 Å². The summed E-state index contributed by atoms with van der Waals surface area (Å²) < 4.78 is 25.2. The highest BCUT2D eigenvalue weighted by Gasteiger charge is 2.47. The van der Waals surface area contributed by atoms with Crippen molar-refractivity contribution in [2.45, 2.75) is 67.0 Å². The van der Waals surface area contributed by atoms with Gasteiger partial charge in [0, 0.05) is 11.8 Å². The molecule has 29 heavy (non-hydrogen) atoms. The van der Waals surface area contributed by atoms with Gasteiger partial charge in [-0.05, 0) is 50.4 Å². The number of allylic oxidation sites excluding steroid dienone is 4. The summed E-state index contributed by atoms with van der Waals surface area (Å²) in [5.74, 6) is 3.01. The van der Waals surface area contributed by atoms with E-state index in [1.807, 2.05) is 0 Å². The van der Waals surface area contributed by atoms with E-state index in [0.29, 0.717) is 61.9 Å². The molecular weight excluding hydrogens is 364 g/mol. The zero-order valence-corrected chi connectivity index (χ0v) is 19.1. The fraction of sp³-hybridized carbons (Fsp3) is 0.840. The van der Waals surface area contributed by atoms with Gasteiger partial charge in [-0.3, -0.25) is 0 Å². The van der Waals surface area contributed by atoms with Gasteiger partial charge in [-0.1, -0.05) is 51.0 Å². The molecule has 0 radical (unpaired) electrons. The Morgan fingerprint density at radius 3 is 1.31 bits per heavy atom. The first-order valence-electron chi connectivity index (χ1n) is 11.6. The SMILES string of the molecule is CC1=C[C@@H](C)[C@@H](C2OCC3(CO2)COC([C@H]2[C@@H](C)C=C(C)C[C@@H]2C)OC3)[C@@H](C)C1. The van der Waals surface area contributed by atoms with E-state index in [2.05, 4.69) is 53.7 Å². The van der Waals surface area contributed by atoms with E-state index in [1.165, 1.54) is 11.1 Å². The van der Waals surface area contributed by atoms with Gasteiger partial charge in [0.15, 0.2) is 12.6 Å². The predicted octanol–water partition coefficient (Wildman–Crippen LogP) is 5.20. The molecular formula is C25H40O4. The van der Waals surface area contributed by atoms with Gasteiger partial charge >= 0.3 is 0 Å². The lowest BCUT2D eigenvalue weighted by atomic mass is 9.74. The first-order chi connectivity index (χ1) is 13.8. The van der Waals surface area contributed by atoms with Gasteiger partial charge in [-0.15, -0.1) is 0 Å². The van der Waals surface area contributed by atoms with Gasteiger partial charge in [0.05, 0.1) is 31.8 Å². The lowest BCUT2D eigenvalue weighted by molar-refractivity contribution is -0.327. The van der Waals surface area contributed by atoms with Crippen molar-refractivity contribution >= 4 is 0 Å². The van der Waals surface area contributed by atoms with Crippen LogP contribution in [0, 0.1) is 40.9 Å². The van der Waals surface area contributed by atoms with Crippen molar-refractivity contribution in [3.63, 3.8) is 0 Å². The molecule has 6 atom stereocenters. The Morgan fingerprint density at radius 2 is 1.00 bits per heavy atom. The van der Waals surface area contributed by atoms with Crippen LogP contribution in [-0.2, 0) is 18.9 Å². The maximum atomic E-state index is 6.30. The molecule has 4 heteroatoms. The van der Waals surface area contributed by atoms with E-state index >= 15 is 0 Å². The van der Waals surface area contributed by atoms with Crippen LogP contribution in [0.25, 0.3) is 0 Å². The van der Waals surface area contributed by atoms with Crippen LogP contribution in [0.15, 0.2) is 23.3 Å². The Balaban J connectivity index is 1.33. The van der Waals surface area contributed by atoms with Crippen LogP contribution in [0.3, 0.4) is 0 Å². The van der Waals surface area contributed by atoms with Crippen LogP contribution in [-0.4, -0.2) is 39.0 Å². The summed E-state index contributed by atoms with van der Waals surface area (Å²) in [6.45, 7) is 16.4. The fourth-order valence-corrected chi connectivity index (χ4v) is 6.44. The second-order valence-corrected chi connectivity index (χ2v) is 10.7. The third kappa shape index (κ3) is 4.37. The van der Waals surface area contributed by atoms with Crippen molar-refractivity contribution in [3.05, 3.63) is 23.3 Å². The minimum absolute atomic E-state index is 0.112. The average molecular weight is 405 g/mol. The van der Waals surface area contributed by atoms with E-state index in [1.54, 1.807) is 0 Å². The van der Waals surface area contributed by atoms with E-state index in [0.717, 1.165) is 12.8 Å². The zero-order valence-electron chi connectivity index (χ0n) is 19.1.